The fraction of sp³-hybridized carbons (Fsp3) is 0.278. The van der Waals surface area contributed by atoms with Crippen molar-refractivity contribution >= 4 is 40.3 Å². The van der Waals surface area contributed by atoms with E-state index in [1.54, 1.807) is 6.20 Å². The van der Waals surface area contributed by atoms with E-state index in [2.05, 4.69) is 30.4 Å². The summed E-state index contributed by atoms with van der Waals surface area (Å²) in [5.74, 6) is 0.469. The summed E-state index contributed by atoms with van der Waals surface area (Å²) in [5.41, 5.74) is 3.26. The van der Waals surface area contributed by atoms with Crippen molar-refractivity contribution in [3.8, 4) is 0 Å². The van der Waals surface area contributed by atoms with Gasteiger partial charge in [-0.3, -0.25) is 4.79 Å². The molecule has 0 fully saturated rings. The molecule has 0 spiro atoms. The highest BCUT2D eigenvalue weighted by Gasteiger charge is 2.15. The fourth-order valence-corrected chi connectivity index (χ4v) is 3.02. The fourth-order valence-electron chi connectivity index (χ4n) is 2.42. The van der Waals surface area contributed by atoms with E-state index in [4.69, 9.17) is 0 Å². The molecule has 3 aromatic rings. The van der Waals surface area contributed by atoms with Gasteiger partial charge in [-0.15, -0.1) is 10.2 Å². The van der Waals surface area contributed by atoms with Gasteiger partial charge in [-0.05, 0) is 42.2 Å². The predicted molar refractivity (Wildman–Crippen MR) is 108 cm³/mol. The lowest BCUT2D eigenvalue weighted by Crippen LogP contribution is -2.12. The first-order valence-electron chi connectivity index (χ1n) is 8.56. The number of carbonyl (C=O) groups excluding carboxylic acids is 1. The maximum atomic E-state index is 12.4. The molecule has 2 heterocycles. The van der Waals surface area contributed by atoms with Crippen LogP contribution < -0.4 is 15.5 Å². The quantitative estimate of drug-likeness (QED) is 0.646. The van der Waals surface area contributed by atoms with E-state index in [0.717, 1.165) is 41.4 Å². The second-order valence-corrected chi connectivity index (χ2v) is 6.90. The van der Waals surface area contributed by atoms with Gasteiger partial charge in [0.05, 0.1) is 17.6 Å². The van der Waals surface area contributed by atoms with Gasteiger partial charge in [-0.2, -0.15) is 5.10 Å². The van der Waals surface area contributed by atoms with Crippen LogP contribution in [-0.2, 0) is 6.42 Å². The van der Waals surface area contributed by atoms with Gasteiger partial charge in [-0.25, -0.2) is 0 Å². The Morgan fingerprint density at radius 3 is 2.59 bits per heavy atom. The van der Waals surface area contributed by atoms with Crippen LogP contribution >= 0.6 is 11.5 Å². The molecule has 0 aliphatic heterocycles. The highest BCUT2D eigenvalue weighted by atomic mass is 32.1. The molecular weight excluding hydrogens is 362 g/mol. The number of hydrogen-bond acceptors (Lipinski definition) is 8. The number of aryl methyl sites for hydroxylation is 1. The van der Waals surface area contributed by atoms with Crippen LogP contribution in [0.15, 0.2) is 36.5 Å². The summed E-state index contributed by atoms with van der Waals surface area (Å²) in [6.07, 6.45) is 3.37. The number of carbonyl (C=O) groups is 1. The van der Waals surface area contributed by atoms with Crippen LogP contribution in [0.1, 0.15) is 28.7 Å². The smallest absolute Gasteiger partial charge is 0.269 e. The molecular formula is C18H21N7OS. The maximum Gasteiger partial charge on any atom is 0.269 e. The number of rotatable bonds is 7. The Hall–Kier alpha value is -3.07. The summed E-state index contributed by atoms with van der Waals surface area (Å²) in [7, 11) is 3.89. The first kappa shape index (κ1) is 18.7. The second-order valence-electron chi connectivity index (χ2n) is 6.15. The van der Waals surface area contributed by atoms with Crippen molar-refractivity contribution in [3.05, 3.63) is 47.1 Å². The normalized spacial score (nSPS) is 10.5. The Labute approximate surface area is 161 Å². The zero-order valence-electron chi connectivity index (χ0n) is 15.4. The Morgan fingerprint density at radius 1 is 1.15 bits per heavy atom. The van der Waals surface area contributed by atoms with Gasteiger partial charge in [-0.1, -0.05) is 17.8 Å². The van der Waals surface area contributed by atoms with E-state index < -0.39 is 0 Å². The highest BCUT2D eigenvalue weighted by Crippen LogP contribution is 2.21. The lowest BCUT2D eigenvalue weighted by molar-refractivity contribution is 0.102. The second kappa shape index (κ2) is 8.54. The van der Waals surface area contributed by atoms with Crippen LogP contribution in [0, 0.1) is 0 Å². The van der Waals surface area contributed by atoms with E-state index in [0.29, 0.717) is 16.4 Å². The van der Waals surface area contributed by atoms with Crippen molar-refractivity contribution in [1.82, 2.24) is 19.8 Å². The number of hydrogen-bond donors (Lipinski definition) is 2. The number of anilines is 4. The van der Waals surface area contributed by atoms with Gasteiger partial charge in [0.2, 0.25) is 0 Å². The minimum Gasteiger partial charge on any atom is -0.376 e. The van der Waals surface area contributed by atoms with Crippen molar-refractivity contribution in [2.75, 3.05) is 29.6 Å². The van der Waals surface area contributed by atoms with E-state index >= 15 is 0 Å². The molecule has 0 atom stereocenters. The maximum absolute atomic E-state index is 12.4. The van der Waals surface area contributed by atoms with Crippen LogP contribution in [0.25, 0.3) is 0 Å². The number of aromatic nitrogens is 4. The van der Waals surface area contributed by atoms with E-state index in [9.17, 15) is 4.79 Å². The highest BCUT2D eigenvalue weighted by molar-refractivity contribution is 7.08. The van der Waals surface area contributed by atoms with Crippen molar-refractivity contribution in [2.45, 2.75) is 19.8 Å². The zero-order chi connectivity index (χ0) is 19.2. The van der Waals surface area contributed by atoms with Crippen LogP contribution in [0.2, 0.25) is 0 Å². The molecule has 27 heavy (non-hydrogen) atoms. The number of nitrogens with zero attached hydrogens (tertiary/aromatic N) is 5. The summed E-state index contributed by atoms with van der Waals surface area (Å²) < 4.78 is 3.89. The Balaban J connectivity index is 1.66. The summed E-state index contributed by atoms with van der Waals surface area (Å²) in [6, 6.07) is 9.32. The molecule has 0 aliphatic rings. The standard InChI is InChI=1S/C18H21N7OS/c1-4-5-15-17(27-24-22-15)18(26)21-13-8-6-12(7-9-13)20-16-10-14(25(2)3)11-19-23-16/h6-11H,4-5H2,1-3H3,(H,20,23)(H,21,26). The summed E-state index contributed by atoms with van der Waals surface area (Å²) in [4.78, 5) is 15.0. The Morgan fingerprint density at radius 2 is 1.89 bits per heavy atom. The predicted octanol–water partition coefficient (Wildman–Crippen LogP) is 3.34. The van der Waals surface area contributed by atoms with Crippen LogP contribution in [0.4, 0.5) is 22.9 Å². The third kappa shape index (κ3) is 4.76. The molecule has 0 bridgehead atoms. The molecule has 140 valence electrons. The molecule has 0 radical (unpaired) electrons. The molecule has 0 saturated carbocycles. The third-order valence-electron chi connectivity index (χ3n) is 3.82. The summed E-state index contributed by atoms with van der Waals surface area (Å²) >= 11 is 1.12. The first-order valence-corrected chi connectivity index (χ1v) is 9.34. The van der Waals surface area contributed by atoms with Gasteiger partial charge in [0, 0.05) is 31.5 Å². The number of nitrogens with one attached hydrogen (secondary N) is 2. The van der Waals surface area contributed by atoms with Gasteiger partial charge in [0.15, 0.2) is 5.82 Å². The van der Waals surface area contributed by atoms with Gasteiger partial charge >= 0.3 is 0 Å². The van der Waals surface area contributed by atoms with Crippen LogP contribution in [0.5, 0.6) is 0 Å². The largest absolute Gasteiger partial charge is 0.376 e. The van der Waals surface area contributed by atoms with Crippen LogP contribution in [0.3, 0.4) is 0 Å². The van der Waals surface area contributed by atoms with E-state index in [-0.39, 0.29) is 5.91 Å². The van der Waals surface area contributed by atoms with E-state index in [1.807, 2.05) is 56.3 Å². The van der Waals surface area contributed by atoms with Crippen molar-refractivity contribution in [1.29, 1.82) is 0 Å². The zero-order valence-corrected chi connectivity index (χ0v) is 16.2. The first-order chi connectivity index (χ1) is 13.1. The molecule has 0 saturated heterocycles. The Bertz CT molecular complexity index is 908. The van der Waals surface area contributed by atoms with Gasteiger partial charge in [0.25, 0.3) is 5.91 Å². The Kier molecular flexibility index (Phi) is 5.92. The van der Waals surface area contributed by atoms with Gasteiger partial charge in [0.1, 0.15) is 4.88 Å². The SMILES string of the molecule is CCCc1nnsc1C(=O)Nc1ccc(Nc2cc(N(C)C)cnn2)cc1. The van der Waals surface area contributed by atoms with Crippen molar-refractivity contribution in [2.24, 2.45) is 0 Å². The third-order valence-corrected chi connectivity index (χ3v) is 4.59. The number of amides is 1. The molecule has 1 amide bonds. The lowest BCUT2D eigenvalue weighted by atomic mass is 10.2. The minimum atomic E-state index is -0.182. The molecule has 0 unspecified atom stereocenters. The van der Waals surface area contributed by atoms with Crippen LogP contribution in [-0.4, -0.2) is 39.8 Å². The topological polar surface area (TPSA) is 95.9 Å². The monoisotopic (exact) mass is 383 g/mol. The molecule has 1 aromatic carbocycles. The number of benzene rings is 1. The minimum absolute atomic E-state index is 0.182. The summed E-state index contributed by atoms with van der Waals surface area (Å²) in [5, 5.41) is 18.2. The molecule has 9 heteroatoms. The van der Waals surface area contributed by atoms with Crippen molar-refractivity contribution in [3.63, 3.8) is 0 Å². The molecule has 3 rings (SSSR count). The molecule has 2 aromatic heterocycles. The lowest BCUT2D eigenvalue weighted by Gasteiger charge is -2.13. The average Bonchev–Trinajstić information content (AvgIpc) is 3.12. The molecule has 2 N–H and O–H groups in total. The summed E-state index contributed by atoms with van der Waals surface area (Å²) in [6.45, 7) is 2.05. The molecule has 8 nitrogen and oxygen atoms in total. The molecule has 0 aliphatic carbocycles. The van der Waals surface area contributed by atoms with Crippen molar-refractivity contribution < 1.29 is 4.79 Å². The average molecular weight is 383 g/mol. The van der Waals surface area contributed by atoms with Gasteiger partial charge < -0.3 is 15.5 Å². The van der Waals surface area contributed by atoms with E-state index in [1.165, 1.54) is 0 Å².